The van der Waals surface area contributed by atoms with E-state index in [0.29, 0.717) is 5.65 Å². The first-order valence-electron chi connectivity index (χ1n) is 7.71. The lowest BCUT2D eigenvalue weighted by molar-refractivity contribution is 0.666. The molecule has 6 nitrogen and oxygen atoms in total. The molecular weight excluding hydrogens is 388 g/mol. The zero-order valence-electron chi connectivity index (χ0n) is 13.4. The van der Waals surface area contributed by atoms with Gasteiger partial charge in [-0.1, -0.05) is 12.7 Å². The number of rotatable bonds is 8. The van der Waals surface area contributed by atoms with Crippen LogP contribution < -0.4 is 10.6 Å². The molecule has 0 aliphatic rings. The van der Waals surface area contributed by atoms with Crippen LogP contribution in [0.25, 0.3) is 17.2 Å². The Bertz CT molecular complexity index is 807. The maximum atomic E-state index is 4.34. The average molecular weight is 407 g/mol. The molecule has 24 heavy (non-hydrogen) atoms. The molecule has 3 aromatic rings. The van der Waals surface area contributed by atoms with Gasteiger partial charge in [0.1, 0.15) is 0 Å². The molecule has 0 spiro atoms. The van der Waals surface area contributed by atoms with Gasteiger partial charge < -0.3 is 15.6 Å². The molecule has 126 valence electrons. The van der Waals surface area contributed by atoms with E-state index in [9.17, 15) is 0 Å². The van der Waals surface area contributed by atoms with Crippen LogP contribution in [-0.2, 0) is 6.54 Å². The van der Waals surface area contributed by atoms with Crippen LogP contribution in [0.4, 0.5) is 5.95 Å². The van der Waals surface area contributed by atoms with Crippen LogP contribution in [0, 0.1) is 6.92 Å². The molecule has 0 bridgehead atoms. The zero-order valence-corrected chi connectivity index (χ0v) is 15.8. The van der Waals surface area contributed by atoms with E-state index in [0.717, 1.165) is 42.0 Å². The SMILES string of the molecule is C=Cc1sc(CNCCCNc2nc3nnccc3[nH]2)c(C)c1Br. The number of nitrogens with one attached hydrogen (secondary N) is 3. The van der Waals surface area contributed by atoms with Gasteiger partial charge in [-0.2, -0.15) is 10.1 Å². The summed E-state index contributed by atoms with van der Waals surface area (Å²) in [6.07, 6.45) is 4.55. The molecule has 0 saturated heterocycles. The number of anilines is 1. The second-order valence-electron chi connectivity index (χ2n) is 5.34. The monoisotopic (exact) mass is 406 g/mol. The molecule has 0 atom stereocenters. The quantitative estimate of drug-likeness (QED) is 0.496. The van der Waals surface area contributed by atoms with Gasteiger partial charge in [0.05, 0.1) is 11.7 Å². The molecule has 0 fully saturated rings. The summed E-state index contributed by atoms with van der Waals surface area (Å²) in [5.41, 5.74) is 2.82. The van der Waals surface area contributed by atoms with Crippen molar-refractivity contribution < 1.29 is 0 Å². The predicted octanol–water partition coefficient (Wildman–Crippen LogP) is 3.72. The zero-order chi connectivity index (χ0) is 16.9. The highest BCUT2D eigenvalue weighted by atomic mass is 79.9. The van der Waals surface area contributed by atoms with Gasteiger partial charge in [0.15, 0.2) is 0 Å². The first-order chi connectivity index (χ1) is 11.7. The second-order valence-corrected chi connectivity index (χ2v) is 7.27. The van der Waals surface area contributed by atoms with Gasteiger partial charge in [-0.15, -0.1) is 16.4 Å². The molecule has 0 aliphatic carbocycles. The summed E-state index contributed by atoms with van der Waals surface area (Å²) >= 11 is 5.40. The number of halogens is 1. The van der Waals surface area contributed by atoms with Crippen LogP contribution in [0.1, 0.15) is 21.7 Å². The van der Waals surface area contributed by atoms with Gasteiger partial charge in [-0.05, 0) is 47.4 Å². The fourth-order valence-corrected chi connectivity index (χ4v) is 4.13. The van der Waals surface area contributed by atoms with E-state index >= 15 is 0 Å². The summed E-state index contributed by atoms with van der Waals surface area (Å²) in [5, 5.41) is 14.5. The van der Waals surface area contributed by atoms with Gasteiger partial charge in [0, 0.05) is 27.3 Å². The number of hydrogen-bond donors (Lipinski definition) is 3. The first-order valence-corrected chi connectivity index (χ1v) is 9.32. The number of nitrogens with zero attached hydrogens (tertiary/aromatic N) is 3. The smallest absolute Gasteiger partial charge is 0.202 e. The van der Waals surface area contributed by atoms with E-state index in [4.69, 9.17) is 0 Å². The molecule has 0 aromatic carbocycles. The van der Waals surface area contributed by atoms with Crippen LogP contribution in [0.15, 0.2) is 23.3 Å². The lowest BCUT2D eigenvalue weighted by Gasteiger charge is -2.05. The van der Waals surface area contributed by atoms with Crippen LogP contribution in [0.3, 0.4) is 0 Å². The van der Waals surface area contributed by atoms with Gasteiger partial charge in [0.2, 0.25) is 11.6 Å². The molecule has 3 rings (SSSR count). The van der Waals surface area contributed by atoms with Crippen LogP contribution >= 0.6 is 27.3 Å². The molecule has 0 aliphatic heterocycles. The number of fused-ring (bicyclic) bond motifs is 1. The van der Waals surface area contributed by atoms with Crippen molar-refractivity contribution in [2.75, 3.05) is 18.4 Å². The van der Waals surface area contributed by atoms with E-state index in [2.05, 4.69) is 60.2 Å². The number of H-pyrrole nitrogens is 1. The first kappa shape index (κ1) is 17.1. The summed E-state index contributed by atoms with van der Waals surface area (Å²) in [5.74, 6) is 0.735. The Labute approximate surface area is 152 Å². The lowest BCUT2D eigenvalue weighted by Crippen LogP contribution is -2.17. The number of aromatic amines is 1. The van der Waals surface area contributed by atoms with E-state index in [1.165, 1.54) is 15.3 Å². The average Bonchev–Trinajstić information content (AvgIpc) is 3.13. The van der Waals surface area contributed by atoms with Crippen molar-refractivity contribution in [2.45, 2.75) is 19.9 Å². The molecule has 3 aromatic heterocycles. The molecular formula is C16H19BrN6S. The van der Waals surface area contributed by atoms with Crippen LogP contribution in [0.5, 0.6) is 0 Å². The molecule has 0 unspecified atom stereocenters. The van der Waals surface area contributed by atoms with Crippen molar-refractivity contribution >= 4 is 50.5 Å². The lowest BCUT2D eigenvalue weighted by atomic mass is 10.2. The van der Waals surface area contributed by atoms with E-state index < -0.39 is 0 Å². The maximum absolute atomic E-state index is 4.34. The molecule has 0 radical (unpaired) electrons. The topological polar surface area (TPSA) is 78.5 Å². The van der Waals surface area contributed by atoms with Crippen LogP contribution in [0.2, 0.25) is 0 Å². The van der Waals surface area contributed by atoms with Crippen molar-refractivity contribution in [1.82, 2.24) is 25.5 Å². The van der Waals surface area contributed by atoms with Gasteiger partial charge in [-0.25, -0.2) is 0 Å². The maximum Gasteiger partial charge on any atom is 0.202 e. The van der Waals surface area contributed by atoms with Gasteiger partial charge in [-0.3, -0.25) is 0 Å². The summed E-state index contributed by atoms with van der Waals surface area (Å²) < 4.78 is 1.16. The fourth-order valence-electron chi connectivity index (χ4n) is 2.33. The molecule has 8 heteroatoms. The Morgan fingerprint density at radius 2 is 2.29 bits per heavy atom. The molecule has 0 amide bonds. The van der Waals surface area contributed by atoms with Crippen molar-refractivity contribution in [1.29, 1.82) is 0 Å². The minimum Gasteiger partial charge on any atom is -0.356 e. The van der Waals surface area contributed by atoms with Gasteiger partial charge >= 0.3 is 0 Å². The van der Waals surface area contributed by atoms with E-state index in [1.54, 1.807) is 17.5 Å². The minimum atomic E-state index is 0.634. The Morgan fingerprint density at radius 3 is 3.04 bits per heavy atom. The summed E-state index contributed by atoms with van der Waals surface area (Å²) in [6.45, 7) is 8.63. The number of imidazole rings is 1. The fraction of sp³-hybridized carbons (Fsp3) is 0.312. The molecule has 0 saturated carbocycles. The largest absolute Gasteiger partial charge is 0.356 e. The minimum absolute atomic E-state index is 0.634. The number of aromatic nitrogens is 4. The Hall–Kier alpha value is -1.77. The van der Waals surface area contributed by atoms with Crippen molar-refractivity contribution in [2.24, 2.45) is 0 Å². The third-order valence-electron chi connectivity index (χ3n) is 3.66. The predicted molar refractivity (Wildman–Crippen MR) is 103 cm³/mol. The second kappa shape index (κ2) is 7.87. The van der Waals surface area contributed by atoms with E-state index in [1.807, 2.05) is 12.1 Å². The Morgan fingerprint density at radius 1 is 1.42 bits per heavy atom. The Kier molecular flexibility index (Phi) is 5.60. The summed E-state index contributed by atoms with van der Waals surface area (Å²) in [7, 11) is 0. The molecule has 3 heterocycles. The van der Waals surface area contributed by atoms with Crippen molar-refractivity contribution in [3.05, 3.63) is 38.6 Å². The number of thiophene rings is 1. The van der Waals surface area contributed by atoms with E-state index in [-0.39, 0.29) is 0 Å². The third-order valence-corrected chi connectivity index (χ3v) is 6.23. The third kappa shape index (κ3) is 3.82. The normalized spacial score (nSPS) is 11.1. The summed E-state index contributed by atoms with van der Waals surface area (Å²) in [4.78, 5) is 10.1. The number of hydrogen-bond acceptors (Lipinski definition) is 6. The summed E-state index contributed by atoms with van der Waals surface area (Å²) in [6, 6.07) is 1.86. The highest BCUT2D eigenvalue weighted by Gasteiger charge is 2.10. The van der Waals surface area contributed by atoms with Crippen LogP contribution in [-0.4, -0.2) is 33.3 Å². The Balaban J connectivity index is 1.40. The van der Waals surface area contributed by atoms with Crippen molar-refractivity contribution in [3.8, 4) is 0 Å². The highest BCUT2D eigenvalue weighted by molar-refractivity contribution is 9.10. The highest BCUT2D eigenvalue weighted by Crippen LogP contribution is 2.33. The molecule has 3 N–H and O–H groups in total. The standard InChI is InChI=1S/C16H19BrN6S/c1-3-12-14(17)10(2)13(24-12)9-18-6-4-7-19-16-21-11-5-8-20-23-15(11)22-16/h3,5,8,18H,1,4,6-7,9H2,2H3,(H2,19,21,22,23). The van der Waals surface area contributed by atoms with Gasteiger partial charge in [0.25, 0.3) is 0 Å². The van der Waals surface area contributed by atoms with Crippen molar-refractivity contribution in [3.63, 3.8) is 0 Å².